The Kier molecular flexibility index (Phi) is 6.60. The first-order valence-corrected chi connectivity index (χ1v) is 12.2. The van der Waals surface area contributed by atoms with E-state index in [0.717, 1.165) is 37.1 Å². The average molecular weight is 524 g/mol. The van der Waals surface area contributed by atoms with Crippen molar-refractivity contribution < 1.29 is 32.5 Å². The Hall–Kier alpha value is -3.19. The van der Waals surface area contributed by atoms with Crippen LogP contribution in [-0.4, -0.2) is 56.9 Å². The third kappa shape index (κ3) is 4.76. The quantitative estimate of drug-likeness (QED) is 0.504. The van der Waals surface area contributed by atoms with Crippen molar-refractivity contribution in [2.24, 2.45) is 5.92 Å². The number of aliphatic hydroxyl groups excluding tert-OH is 1. The number of nitrogens with zero attached hydrogens (tertiary/aromatic N) is 4. The Morgan fingerprint density at radius 1 is 1.22 bits per heavy atom. The molecule has 1 amide bonds. The van der Waals surface area contributed by atoms with E-state index in [0.29, 0.717) is 41.7 Å². The fourth-order valence-electron chi connectivity index (χ4n) is 4.56. The molecule has 13 heteroatoms. The molecule has 3 N–H and O–H groups in total. The number of imidazole rings is 1. The first-order chi connectivity index (χ1) is 17.2. The number of benzene rings is 1. The molecule has 0 aliphatic carbocycles. The van der Waals surface area contributed by atoms with Crippen LogP contribution in [0.4, 0.5) is 19.0 Å². The molecule has 4 heterocycles. The minimum Gasteiger partial charge on any atom is -0.454 e. The number of likely N-dealkylation sites (tertiary alicyclic amines) is 1. The second kappa shape index (κ2) is 9.69. The largest absolute Gasteiger partial charge is 0.454 e. The number of alkyl halides is 3. The van der Waals surface area contributed by atoms with Crippen LogP contribution in [0.3, 0.4) is 0 Å². The number of pyridine rings is 1. The van der Waals surface area contributed by atoms with Gasteiger partial charge in [-0.3, -0.25) is 4.79 Å². The molecular weight excluding hydrogens is 499 g/mol. The maximum Gasteiger partial charge on any atom is 0.417 e. The molecule has 36 heavy (non-hydrogen) atoms. The number of nitrogens with two attached hydrogens (primary N) is 1. The molecule has 192 valence electrons. The predicted molar refractivity (Wildman–Crippen MR) is 125 cm³/mol. The summed E-state index contributed by atoms with van der Waals surface area (Å²) in [5.74, 6) is 0.544. The predicted octanol–water partition coefficient (Wildman–Crippen LogP) is 3.53. The van der Waals surface area contributed by atoms with Crippen LogP contribution in [0.25, 0.3) is 11.0 Å². The summed E-state index contributed by atoms with van der Waals surface area (Å²) in [6.45, 7) is 1.01. The minimum absolute atomic E-state index is 0.0503. The van der Waals surface area contributed by atoms with Crippen LogP contribution in [0.5, 0.6) is 11.5 Å². The Morgan fingerprint density at radius 2 is 1.94 bits per heavy atom. The van der Waals surface area contributed by atoms with Gasteiger partial charge in [0.1, 0.15) is 12.1 Å². The SMILES string of the molecule is Nc1nccc2c1nc(Sc1cc3c(cc1C(F)(F)F)OCO3)n2CCC1CCN(C(=O)CO)CC1. The smallest absolute Gasteiger partial charge is 0.417 e. The van der Waals surface area contributed by atoms with Crippen LogP contribution in [0, 0.1) is 5.92 Å². The highest BCUT2D eigenvalue weighted by Gasteiger charge is 2.37. The summed E-state index contributed by atoms with van der Waals surface area (Å²) < 4.78 is 54.0. The lowest BCUT2D eigenvalue weighted by Crippen LogP contribution is -2.40. The molecule has 0 saturated carbocycles. The summed E-state index contributed by atoms with van der Waals surface area (Å²) in [6.07, 6.45) is -0.739. The summed E-state index contributed by atoms with van der Waals surface area (Å²) in [5, 5.41) is 9.44. The Labute approximate surface area is 208 Å². The number of aromatic nitrogens is 3. The summed E-state index contributed by atoms with van der Waals surface area (Å²) in [6, 6.07) is 4.03. The highest BCUT2D eigenvalue weighted by molar-refractivity contribution is 7.99. The number of hydrogen-bond acceptors (Lipinski definition) is 8. The van der Waals surface area contributed by atoms with Crippen LogP contribution in [0.15, 0.2) is 34.4 Å². The number of aryl methyl sites for hydroxylation is 1. The molecule has 0 atom stereocenters. The molecular formula is C23H24F3N5O4S. The van der Waals surface area contributed by atoms with Gasteiger partial charge in [-0.15, -0.1) is 0 Å². The molecule has 2 aromatic heterocycles. The van der Waals surface area contributed by atoms with Gasteiger partial charge in [0, 0.05) is 30.7 Å². The summed E-state index contributed by atoms with van der Waals surface area (Å²) in [7, 11) is 0. The molecule has 9 nitrogen and oxygen atoms in total. The number of carbonyl (C=O) groups excluding carboxylic acids is 1. The highest BCUT2D eigenvalue weighted by Crippen LogP contribution is 2.46. The van der Waals surface area contributed by atoms with Crippen molar-refractivity contribution in [2.75, 3.05) is 32.2 Å². The number of hydrogen-bond donors (Lipinski definition) is 2. The van der Waals surface area contributed by atoms with E-state index >= 15 is 0 Å². The maximum atomic E-state index is 13.9. The number of aliphatic hydroxyl groups is 1. The molecule has 5 rings (SSSR count). The van der Waals surface area contributed by atoms with Gasteiger partial charge in [-0.1, -0.05) is 11.8 Å². The van der Waals surface area contributed by atoms with Crippen LogP contribution in [-0.2, 0) is 17.5 Å². The van der Waals surface area contributed by atoms with Gasteiger partial charge in [0.2, 0.25) is 12.7 Å². The van der Waals surface area contributed by atoms with Gasteiger partial charge in [0.15, 0.2) is 22.5 Å². The van der Waals surface area contributed by atoms with Gasteiger partial charge >= 0.3 is 6.18 Å². The van der Waals surface area contributed by atoms with Gasteiger partial charge in [-0.05, 0) is 43.4 Å². The van der Waals surface area contributed by atoms with Gasteiger partial charge in [0.25, 0.3) is 0 Å². The first-order valence-electron chi connectivity index (χ1n) is 11.4. The number of fused-ring (bicyclic) bond motifs is 2. The van der Waals surface area contributed by atoms with E-state index in [1.807, 2.05) is 4.57 Å². The van der Waals surface area contributed by atoms with Crippen LogP contribution >= 0.6 is 11.8 Å². The molecule has 2 aliphatic heterocycles. The zero-order valence-corrected chi connectivity index (χ0v) is 19.9. The van der Waals surface area contributed by atoms with E-state index in [1.165, 1.54) is 6.07 Å². The van der Waals surface area contributed by atoms with Crippen molar-refractivity contribution >= 4 is 34.5 Å². The van der Waals surface area contributed by atoms with E-state index in [2.05, 4.69) is 9.97 Å². The zero-order chi connectivity index (χ0) is 25.4. The molecule has 1 aromatic carbocycles. The van der Waals surface area contributed by atoms with E-state index in [-0.39, 0.29) is 34.9 Å². The van der Waals surface area contributed by atoms with Gasteiger partial charge in [-0.2, -0.15) is 13.2 Å². The maximum absolute atomic E-state index is 13.9. The third-order valence-electron chi connectivity index (χ3n) is 6.51. The van der Waals surface area contributed by atoms with E-state index < -0.39 is 18.3 Å². The van der Waals surface area contributed by atoms with E-state index in [9.17, 15) is 18.0 Å². The van der Waals surface area contributed by atoms with E-state index in [4.69, 9.17) is 20.3 Å². The lowest BCUT2D eigenvalue weighted by molar-refractivity contribution is -0.139. The summed E-state index contributed by atoms with van der Waals surface area (Å²) in [5.41, 5.74) is 6.31. The Morgan fingerprint density at radius 3 is 2.64 bits per heavy atom. The molecule has 3 aromatic rings. The number of amides is 1. The highest BCUT2D eigenvalue weighted by atomic mass is 32.2. The lowest BCUT2D eigenvalue weighted by Gasteiger charge is -2.31. The lowest BCUT2D eigenvalue weighted by atomic mass is 9.93. The van der Waals surface area contributed by atoms with Crippen molar-refractivity contribution in [3.63, 3.8) is 0 Å². The van der Waals surface area contributed by atoms with Gasteiger partial charge in [0.05, 0.1) is 11.1 Å². The van der Waals surface area contributed by atoms with Gasteiger partial charge < -0.3 is 29.8 Å². The number of carbonyl (C=O) groups is 1. The second-order valence-corrected chi connectivity index (χ2v) is 9.69. The normalized spacial score (nSPS) is 16.2. The van der Waals surface area contributed by atoms with Crippen molar-refractivity contribution in [1.82, 2.24) is 19.4 Å². The molecule has 1 fully saturated rings. The summed E-state index contributed by atoms with van der Waals surface area (Å²) in [4.78, 5) is 22.0. The topological polar surface area (TPSA) is 116 Å². The Bertz CT molecular complexity index is 1290. The van der Waals surface area contributed by atoms with Crippen molar-refractivity contribution in [1.29, 1.82) is 0 Å². The first kappa shape index (κ1) is 24.5. The molecule has 0 radical (unpaired) electrons. The summed E-state index contributed by atoms with van der Waals surface area (Å²) >= 11 is 0.894. The van der Waals surface area contributed by atoms with Crippen LogP contribution in [0.2, 0.25) is 0 Å². The molecule has 0 unspecified atom stereocenters. The van der Waals surface area contributed by atoms with Crippen molar-refractivity contribution in [3.8, 4) is 11.5 Å². The molecule has 0 bridgehead atoms. The fourth-order valence-corrected chi connectivity index (χ4v) is 5.64. The van der Waals surface area contributed by atoms with Crippen molar-refractivity contribution in [2.45, 2.75) is 42.0 Å². The fraction of sp³-hybridized carbons (Fsp3) is 0.435. The van der Waals surface area contributed by atoms with Crippen LogP contribution < -0.4 is 15.2 Å². The number of piperidine rings is 1. The standard InChI is InChI=1S/C23H24F3N5O4S/c24-23(25,26)14-9-16-17(35-12-34-16)10-18(14)36-22-29-20-15(1-5-28-21(20)27)31(22)8-4-13-2-6-30(7-3-13)19(33)11-32/h1,5,9-10,13,32H,2-4,6-8,11-12H2,(H2,27,28). The number of ether oxygens (including phenoxy) is 2. The number of anilines is 1. The zero-order valence-electron chi connectivity index (χ0n) is 19.1. The number of rotatable bonds is 6. The molecule has 2 aliphatic rings. The Balaban J connectivity index is 1.43. The third-order valence-corrected chi connectivity index (χ3v) is 7.56. The molecule has 1 saturated heterocycles. The van der Waals surface area contributed by atoms with Crippen LogP contribution in [0.1, 0.15) is 24.8 Å². The van der Waals surface area contributed by atoms with Gasteiger partial charge in [-0.25, -0.2) is 9.97 Å². The minimum atomic E-state index is -4.60. The number of nitrogen functional groups attached to an aromatic ring is 1. The monoisotopic (exact) mass is 523 g/mol. The van der Waals surface area contributed by atoms with E-state index in [1.54, 1.807) is 17.2 Å². The second-order valence-electron chi connectivity index (χ2n) is 8.68. The average Bonchev–Trinajstić information content (AvgIpc) is 3.46. The molecule has 0 spiro atoms. The number of halogens is 3. The van der Waals surface area contributed by atoms with Crippen molar-refractivity contribution in [3.05, 3.63) is 30.0 Å².